The van der Waals surface area contributed by atoms with Gasteiger partial charge in [-0.15, -0.1) is 5.10 Å². The van der Waals surface area contributed by atoms with Crippen LogP contribution in [0, 0.1) is 5.92 Å². The molecule has 0 radical (unpaired) electrons. The molecular formula is C10H21N5O. The fourth-order valence-corrected chi connectivity index (χ4v) is 1.68. The maximum Gasteiger partial charge on any atom is 0.167 e. The van der Waals surface area contributed by atoms with Crippen LogP contribution in [-0.2, 0) is 11.3 Å². The van der Waals surface area contributed by atoms with E-state index in [1.807, 2.05) is 4.68 Å². The van der Waals surface area contributed by atoms with Crippen molar-refractivity contribution in [2.75, 3.05) is 20.3 Å². The van der Waals surface area contributed by atoms with E-state index in [4.69, 9.17) is 4.74 Å². The average Bonchev–Trinajstić information content (AvgIpc) is 2.66. The zero-order valence-electron chi connectivity index (χ0n) is 10.5. The minimum atomic E-state index is 0.176. The Morgan fingerprint density at radius 2 is 2.19 bits per heavy atom. The van der Waals surface area contributed by atoms with Crippen LogP contribution in [0.5, 0.6) is 0 Å². The van der Waals surface area contributed by atoms with Crippen LogP contribution in [0.15, 0.2) is 0 Å². The predicted octanol–water partition coefficient (Wildman–Crippen LogP) is 0.626. The molecule has 1 aromatic heterocycles. The zero-order valence-corrected chi connectivity index (χ0v) is 10.5. The Balaban J connectivity index is 2.62. The fourth-order valence-electron chi connectivity index (χ4n) is 1.68. The minimum absolute atomic E-state index is 0.176. The lowest BCUT2D eigenvalue weighted by atomic mass is 10.2. The lowest BCUT2D eigenvalue weighted by Gasteiger charge is -2.14. The molecule has 2 atom stereocenters. The van der Waals surface area contributed by atoms with E-state index in [1.54, 1.807) is 7.11 Å². The van der Waals surface area contributed by atoms with Gasteiger partial charge in [-0.25, -0.2) is 4.68 Å². The second kappa shape index (κ2) is 6.55. The number of rotatable bonds is 7. The van der Waals surface area contributed by atoms with Gasteiger partial charge in [-0.2, -0.15) is 0 Å². The summed E-state index contributed by atoms with van der Waals surface area (Å²) in [4.78, 5) is 0. The van der Waals surface area contributed by atoms with Gasteiger partial charge in [0.1, 0.15) is 0 Å². The molecule has 6 heteroatoms. The molecule has 0 saturated heterocycles. The maximum atomic E-state index is 5.10. The summed E-state index contributed by atoms with van der Waals surface area (Å²) in [6.45, 7) is 8.65. The smallest absolute Gasteiger partial charge is 0.167 e. The summed E-state index contributed by atoms with van der Waals surface area (Å²) >= 11 is 0. The maximum absolute atomic E-state index is 5.10. The molecule has 6 nitrogen and oxygen atoms in total. The molecule has 1 aromatic rings. The molecule has 2 unspecified atom stereocenters. The van der Waals surface area contributed by atoms with Gasteiger partial charge in [0.2, 0.25) is 0 Å². The van der Waals surface area contributed by atoms with Gasteiger partial charge in [0, 0.05) is 13.7 Å². The summed E-state index contributed by atoms with van der Waals surface area (Å²) in [5, 5.41) is 15.1. The van der Waals surface area contributed by atoms with Crippen LogP contribution in [0.1, 0.15) is 32.6 Å². The number of aromatic nitrogens is 4. The molecule has 16 heavy (non-hydrogen) atoms. The van der Waals surface area contributed by atoms with Crippen molar-refractivity contribution in [3.05, 3.63) is 5.82 Å². The predicted molar refractivity (Wildman–Crippen MR) is 60.9 cm³/mol. The highest BCUT2D eigenvalue weighted by Crippen LogP contribution is 2.09. The molecule has 1 N–H and O–H groups in total. The van der Waals surface area contributed by atoms with Crippen molar-refractivity contribution in [1.82, 2.24) is 25.5 Å². The largest absolute Gasteiger partial charge is 0.384 e. The van der Waals surface area contributed by atoms with Gasteiger partial charge in [-0.3, -0.25) is 0 Å². The molecule has 0 aromatic carbocycles. The number of tetrazole rings is 1. The summed E-state index contributed by atoms with van der Waals surface area (Å²) in [5.41, 5.74) is 0. The van der Waals surface area contributed by atoms with Gasteiger partial charge < -0.3 is 10.1 Å². The summed E-state index contributed by atoms with van der Waals surface area (Å²) < 4.78 is 6.95. The van der Waals surface area contributed by atoms with Gasteiger partial charge >= 0.3 is 0 Å². The number of methoxy groups -OCH3 is 1. The quantitative estimate of drug-likeness (QED) is 0.740. The van der Waals surface area contributed by atoms with Gasteiger partial charge in [0.05, 0.1) is 12.6 Å². The van der Waals surface area contributed by atoms with E-state index < -0.39 is 0 Å². The number of hydrogen-bond acceptors (Lipinski definition) is 5. The first-order valence-corrected chi connectivity index (χ1v) is 5.67. The van der Waals surface area contributed by atoms with E-state index in [-0.39, 0.29) is 6.04 Å². The Morgan fingerprint density at radius 3 is 2.81 bits per heavy atom. The fraction of sp³-hybridized carbons (Fsp3) is 0.900. The Labute approximate surface area is 96.4 Å². The second-order valence-electron chi connectivity index (χ2n) is 4.06. The minimum Gasteiger partial charge on any atom is -0.384 e. The molecule has 0 aliphatic carbocycles. The molecule has 1 heterocycles. The summed E-state index contributed by atoms with van der Waals surface area (Å²) in [6.07, 6.45) is 0. The highest BCUT2D eigenvalue weighted by atomic mass is 16.5. The lowest BCUT2D eigenvalue weighted by molar-refractivity contribution is 0.148. The highest BCUT2D eigenvalue weighted by Gasteiger charge is 2.15. The van der Waals surface area contributed by atoms with Gasteiger partial charge in [-0.1, -0.05) is 13.8 Å². The number of nitrogens with one attached hydrogen (secondary N) is 1. The van der Waals surface area contributed by atoms with E-state index in [0.29, 0.717) is 5.92 Å². The monoisotopic (exact) mass is 227 g/mol. The standard InChI is InChI=1S/C10H21N5O/c1-5-11-9(3)10-12-13-14-15(10)6-8(2)7-16-4/h8-9,11H,5-7H2,1-4H3. The van der Waals surface area contributed by atoms with Crippen molar-refractivity contribution >= 4 is 0 Å². The third-order valence-electron chi connectivity index (χ3n) is 2.39. The normalized spacial score (nSPS) is 15.0. The molecular weight excluding hydrogens is 206 g/mol. The van der Waals surface area contributed by atoms with Crippen molar-refractivity contribution in [3.63, 3.8) is 0 Å². The van der Waals surface area contributed by atoms with Crippen LogP contribution in [0.2, 0.25) is 0 Å². The van der Waals surface area contributed by atoms with Crippen molar-refractivity contribution in [2.45, 2.75) is 33.4 Å². The van der Waals surface area contributed by atoms with Crippen LogP contribution in [0.25, 0.3) is 0 Å². The molecule has 0 fully saturated rings. The zero-order chi connectivity index (χ0) is 12.0. The number of hydrogen-bond donors (Lipinski definition) is 1. The van der Waals surface area contributed by atoms with E-state index in [0.717, 1.165) is 25.5 Å². The number of nitrogens with zero attached hydrogens (tertiary/aromatic N) is 4. The van der Waals surface area contributed by atoms with Gasteiger partial charge in [-0.05, 0) is 29.8 Å². The molecule has 0 bridgehead atoms. The van der Waals surface area contributed by atoms with Crippen LogP contribution >= 0.6 is 0 Å². The first-order valence-electron chi connectivity index (χ1n) is 5.67. The molecule has 0 aliphatic rings. The Bertz CT molecular complexity index is 301. The van der Waals surface area contributed by atoms with E-state index in [2.05, 4.69) is 41.6 Å². The Morgan fingerprint density at radius 1 is 1.44 bits per heavy atom. The second-order valence-corrected chi connectivity index (χ2v) is 4.06. The molecule has 1 rings (SSSR count). The molecule has 0 aliphatic heterocycles. The van der Waals surface area contributed by atoms with Crippen molar-refractivity contribution in [3.8, 4) is 0 Å². The Hall–Kier alpha value is -1.01. The number of ether oxygens (including phenoxy) is 1. The van der Waals surface area contributed by atoms with Crippen molar-refractivity contribution in [1.29, 1.82) is 0 Å². The lowest BCUT2D eigenvalue weighted by Crippen LogP contribution is -2.24. The Kier molecular flexibility index (Phi) is 5.34. The highest BCUT2D eigenvalue weighted by molar-refractivity contribution is 4.89. The molecule has 0 saturated carbocycles. The molecule has 0 amide bonds. The first-order chi connectivity index (χ1) is 7.69. The van der Waals surface area contributed by atoms with Crippen LogP contribution in [0.3, 0.4) is 0 Å². The van der Waals surface area contributed by atoms with Crippen LogP contribution < -0.4 is 5.32 Å². The van der Waals surface area contributed by atoms with E-state index in [1.165, 1.54) is 0 Å². The van der Waals surface area contributed by atoms with Crippen LogP contribution in [-0.4, -0.2) is 40.5 Å². The van der Waals surface area contributed by atoms with Crippen molar-refractivity contribution < 1.29 is 4.74 Å². The summed E-state index contributed by atoms with van der Waals surface area (Å²) in [6, 6.07) is 0.176. The first kappa shape index (κ1) is 13.1. The third-order valence-corrected chi connectivity index (χ3v) is 2.39. The topological polar surface area (TPSA) is 64.9 Å². The van der Waals surface area contributed by atoms with E-state index in [9.17, 15) is 0 Å². The molecule has 92 valence electrons. The third kappa shape index (κ3) is 3.53. The summed E-state index contributed by atoms with van der Waals surface area (Å²) in [7, 11) is 1.71. The van der Waals surface area contributed by atoms with Crippen molar-refractivity contribution in [2.24, 2.45) is 5.92 Å². The average molecular weight is 227 g/mol. The van der Waals surface area contributed by atoms with Gasteiger partial charge in [0.15, 0.2) is 5.82 Å². The summed E-state index contributed by atoms with van der Waals surface area (Å²) in [5.74, 6) is 1.28. The SMILES string of the molecule is CCNC(C)c1nnnn1CC(C)COC. The van der Waals surface area contributed by atoms with Crippen LogP contribution in [0.4, 0.5) is 0 Å². The van der Waals surface area contributed by atoms with Gasteiger partial charge in [0.25, 0.3) is 0 Å². The molecule has 0 spiro atoms. The van der Waals surface area contributed by atoms with E-state index >= 15 is 0 Å².